The van der Waals surface area contributed by atoms with Gasteiger partial charge < -0.3 is 24.3 Å². The number of fused-ring (bicyclic) bond motifs is 10. The largest absolute Gasteiger partial charge is 0.504 e. The molecule has 0 saturated carbocycles. The summed E-state index contributed by atoms with van der Waals surface area (Å²) in [5.74, 6) is 3.40. The number of nitrogens with one attached hydrogen (secondary N) is 1. The van der Waals surface area contributed by atoms with Crippen LogP contribution in [0.2, 0.25) is 0 Å². The molecule has 12 nitrogen and oxygen atoms in total. The first-order valence-corrected chi connectivity index (χ1v) is 20.4. The molecule has 2 N–H and O–H groups in total. The van der Waals surface area contributed by atoms with Crippen LogP contribution in [0.25, 0.3) is 10.9 Å². The van der Waals surface area contributed by atoms with E-state index in [-0.39, 0.29) is 18.3 Å². The molecular weight excluding hydrogens is 737 g/mol. The van der Waals surface area contributed by atoms with Gasteiger partial charge >= 0.3 is 12.3 Å². The van der Waals surface area contributed by atoms with Crippen LogP contribution in [-0.2, 0) is 40.7 Å². The summed E-state index contributed by atoms with van der Waals surface area (Å²) >= 11 is 0. The quantitative estimate of drug-likeness (QED) is 0.231. The topological polar surface area (TPSA) is 151 Å². The number of nitrogens with zero attached hydrogens (tertiary/aromatic N) is 3. The predicted octanol–water partition coefficient (Wildman–Crippen LogP) is 7.44. The van der Waals surface area contributed by atoms with Crippen molar-refractivity contribution in [3.63, 3.8) is 0 Å². The maximum atomic E-state index is 11.6. The van der Waals surface area contributed by atoms with Gasteiger partial charge in [0, 0.05) is 48.3 Å². The number of hydrogen-bond acceptors (Lipinski definition) is 11. The van der Waals surface area contributed by atoms with Gasteiger partial charge in [0.15, 0.2) is 0 Å². The van der Waals surface area contributed by atoms with Crippen molar-refractivity contribution < 1.29 is 38.5 Å². The monoisotopic (exact) mass is 796 g/mol. The van der Waals surface area contributed by atoms with Crippen LogP contribution in [0, 0.1) is 30.6 Å². The van der Waals surface area contributed by atoms with Crippen molar-refractivity contribution in [2.75, 3.05) is 47.5 Å². The second-order valence-corrected chi connectivity index (χ2v) is 16.1. The molecule has 6 heterocycles. The molecule has 0 spiro atoms. The predicted molar refractivity (Wildman–Crippen MR) is 220 cm³/mol. The van der Waals surface area contributed by atoms with Crippen molar-refractivity contribution in [3.8, 4) is 5.75 Å². The van der Waals surface area contributed by atoms with E-state index < -0.39 is 5.60 Å². The summed E-state index contributed by atoms with van der Waals surface area (Å²) < 4.78 is 16.3. The van der Waals surface area contributed by atoms with Crippen LogP contribution < -0.4 is 4.74 Å². The zero-order chi connectivity index (χ0) is 42.1. The van der Waals surface area contributed by atoms with Crippen LogP contribution in [0.3, 0.4) is 0 Å². The third-order valence-electron chi connectivity index (χ3n) is 13.3. The molecule has 2 aromatic carbocycles. The fourth-order valence-corrected chi connectivity index (χ4v) is 10.7. The van der Waals surface area contributed by atoms with E-state index in [0.29, 0.717) is 29.7 Å². The number of H-pyrrole nitrogens is 1. The normalized spacial score (nSPS) is 27.4. The minimum absolute atomic E-state index is 0.216. The molecule has 3 fully saturated rings. The number of benzene rings is 2. The summed E-state index contributed by atoms with van der Waals surface area (Å²) in [6.07, 6.45) is 10.7. The van der Waals surface area contributed by atoms with Crippen LogP contribution in [-0.4, -0.2) is 91.5 Å². The summed E-state index contributed by atoms with van der Waals surface area (Å²) in [7, 11) is 5.24. The lowest BCUT2D eigenvalue weighted by molar-refractivity contribution is -0.193. The van der Waals surface area contributed by atoms with Gasteiger partial charge in [-0.2, -0.15) is 19.2 Å². The molecule has 12 heteroatoms. The molecule has 0 aliphatic carbocycles. The Hall–Kier alpha value is -4.83. The highest BCUT2D eigenvalue weighted by Gasteiger charge is 2.53. The first-order chi connectivity index (χ1) is 28.0. The lowest BCUT2D eigenvalue weighted by Crippen LogP contribution is -2.60. The van der Waals surface area contributed by atoms with Gasteiger partial charge in [-0.05, 0) is 111 Å². The summed E-state index contributed by atoms with van der Waals surface area (Å²) in [6.45, 7) is 15.4. The molecule has 1 aromatic heterocycles. The Balaban J connectivity index is 0.000000195. The molecule has 0 unspecified atom stereocenters. The number of allylic oxidation sites excluding steroid dienone is 2. The molecule has 0 bridgehead atoms. The number of rotatable bonds is 7. The molecule has 7 atom stereocenters. The number of ether oxygens (including phenoxy) is 3. The van der Waals surface area contributed by atoms with Gasteiger partial charge in [0.2, 0.25) is 0 Å². The lowest BCUT2D eigenvalue weighted by Gasteiger charge is -2.50. The van der Waals surface area contributed by atoms with E-state index in [9.17, 15) is 5.11 Å². The zero-order valence-corrected chi connectivity index (χ0v) is 35.3. The smallest absolute Gasteiger partial charge is 0.373 e. The average molecular weight is 797 g/mol. The number of aliphatic hydroxyl groups is 1. The molecule has 0 amide bonds. The highest BCUT2D eigenvalue weighted by Crippen LogP contribution is 2.50. The number of methoxy groups -OCH3 is 3. The third-order valence-corrected chi connectivity index (χ3v) is 13.3. The molecule has 5 aliphatic heterocycles. The van der Waals surface area contributed by atoms with Gasteiger partial charge in [0.1, 0.15) is 11.4 Å². The highest BCUT2D eigenvalue weighted by molar-refractivity contribution is 6.05. The number of aliphatic imine (C=N–C) groups is 1. The van der Waals surface area contributed by atoms with Crippen molar-refractivity contribution in [3.05, 3.63) is 82.5 Å². The lowest BCUT2D eigenvalue weighted by atomic mass is 9.70. The number of piperidine rings is 3. The fraction of sp³-hybridized carbons (Fsp3) is 0.543. The standard InChI is InChI=1S/2C22H30N2O2.2CO2/c1-5-15-12-24-10-9-16-21-18(7-6-8-20(21)26-4)23-22(16)19(24)11-17(15)14(2)13-25-3;1-5-16-12-24-10-9-22(25)20-14(2)7-6-8-18(20)23-21(22)19(24)11-17(16)15(3)13-26-4;2*2-1-3/h6-8,13,15,17,19,23H,5,9-12H2,1-4H3;6-8,13,16-17,19,25H,5,9-12H2,1-4H3;;/b14-13-;15-13-;;/t15-,17-,19+;16-,17-,19+,22+;;/m11../s1. The number of aromatic amines is 1. The zero-order valence-electron chi connectivity index (χ0n) is 35.3. The van der Waals surface area contributed by atoms with Gasteiger partial charge in [-0.1, -0.05) is 44.9 Å². The Kier molecular flexibility index (Phi) is 15.1. The highest BCUT2D eigenvalue weighted by atomic mass is 16.5. The van der Waals surface area contributed by atoms with Crippen LogP contribution in [0.1, 0.15) is 88.2 Å². The Morgan fingerprint density at radius 1 is 0.879 bits per heavy atom. The first kappa shape index (κ1) is 44.3. The Morgan fingerprint density at radius 3 is 2.02 bits per heavy atom. The van der Waals surface area contributed by atoms with Crippen LogP contribution in [0.5, 0.6) is 5.75 Å². The Labute approximate surface area is 342 Å². The SMILES string of the molecule is CC[C@@H]1CN2CC[C@@]3(O)C(=Nc4cccc(C)c43)[C@@H]2C[C@@H]1/C(C)=C\OC.CC[C@@H]1CN2CCc3c([nH]c4cccc(OC)c34)[C@@H]2C[C@@H]1/C(C)=C\OC.O=C=O.O=C=O. The summed E-state index contributed by atoms with van der Waals surface area (Å²) in [4.78, 5) is 46.4. The van der Waals surface area contributed by atoms with Crippen molar-refractivity contribution in [2.24, 2.45) is 28.7 Å². The van der Waals surface area contributed by atoms with E-state index in [0.717, 1.165) is 73.6 Å². The average Bonchev–Trinajstić information content (AvgIpc) is 3.77. The second-order valence-electron chi connectivity index (χ2n) is 16.1. The first-order valence-electron chi connectivity index (χ1n) is 20.4. The maximum Gasteiger partial charge on any atom is 0.373 e. The minimum atomic E-state index is -0.885. The number of hydrogen-bond donors (Lipinski definition) is 2. The molecule has 3 saturated heterocycles. The molecule has 312 valence electrons. The van der Waals surface area contributed by atoms with Crippen molar-refractivity contribution >= 4 is 34.6 Å². The van der Waals surface area contributed by atoms with E-state index >= 15 is 0 Å². The molecule has 5 aliphatic rings. The molecular formula is C46H60N4O8. The van der Waals surface area contributed by atoms with Gasteiger partial charge in [-0.3, -0.25) is 14.8 Å². The van der Waals surface area contributed by atoms with E-state index in [2.05, 4.69) is 73.7 Å². The fourth-order valence-electron chi connectivity index (χ4n) is 10.7. The van der Waals surface area contributed by atoms with Crippen molar-refractivity contribution in [1.29, 1.82) is 0 Å². The number of carbonyl (C=O) groups excluding carboxylic acids is 4. The molecule has 58 heavy (non-hydrogen) atoms. The van der Waals surface area contributed by atoms with Gasteiger partial charge in [0.05, 0.1) is 57.3 Å². The van der Waals surface area contributed by atoms with E-state index in [4.69, 9.17) is 38.4 Å². The molecule has 8 rings (SSSR count). The van der Waals surface area contributed by atoms with E-state index in [1.165, 1.54) is 52.7 Å². The van der Waals surface area contributed by atoms with Gasteiger partial charge in [-0.15, -0.1) is 0 Å². The van der Waals surface area contributed by atoms with Crippen LogP contribution >= 0.6 is 0 Å². The minimum Gasteiger partial charge on any atom is -0.504 e. The molecule has 0 radical (unpaired) electrons. The number of aromatic nitrogens is 1. The molecule has 3 aromatic rings. The van der Waals surface area contributed by atoms with Crippen LogP contribution in [0.4, 0.5) is 5.69 Å². The van der Waals surface area contributed by atoms with Crippen LogP contribution in [0.15, 0.2) is 65.1 Å². The number of aryl methyl sites for hydroxylation is 1. The van der Waals surface area contributed by atoms with E-state index in [1.54, 1.807) is 21.3 Å². The third kappa shape index (κ3) is 8.63. The van der Waals surface area contributed by atoms with E-state index in [1.807, 2.05) is 24.7 Å². The summed E-state index contributed by atoms with van der Waals surface area (Å²) in [5.41, 5.74) is 9.97. The Morgan fingerprint density at radius 2 is 1.45 bits per heavy atom. The second kappa shape index (κ2) is 19.7. The summed E-state index contributed by atoms with van der Waals surface area (Å²) in [6, 6.07) is 13.2. The van der Waals surface area contributed by atoms with Gasteiger partial charge in [-0.25, -0.2) is 0 Å². The summed E-state index contributed by atoms with van der Waals surface area (Å²) in [5, 5.41) is 12.9. The Bertz CT molecular complexity index is 2050. The van der Waals surface area contributed by atoms with Crippen molar-refractivity contribution in [1.82, 2.24) is 14.8 Å². The van der Waals surface area contributed by atoms with Gasteiger partial charge in [0.25, 0.3) is 0 Å². The van der Waals surface area contributed by atoms with Crippen molar-refractivity contribution in [2.45, 2.75) is 90.8 Å². The maximum absolute atomic E-state index is 11.6.